The number of aromatic carboxylic acids is 1. The summed E-state index contributed by atoms with van der Waals surface area (Å²) in [6.07, 6.45) is 1.36. The van der Waals surface area contributed by atoms with Crippen LogP contribution in [-0.2, 0) is 20.1 Å². The van der Waals surface area contributed by atoms with Crippen LogP contribution in [0.1, 0.15) is 21.6 Å². The van der Waals surface area contributed by atoms with Gasteiger partial charge in [-0.1, -0.05) is 23.7 Å². The molecule has 0 atom stereocenters. The molecule has 1 aromatic heterocycles. The van der Waals surface area contributed by atoms with Crippen LogP contribution in [0.25, 0.3) is 0 Å². The number of nitrogens with one attached hydrogen (secondary N) is 1. The summed E-state index contributed by atoms with van der Waals surface area (Å²) in [6, 6.07) is 7.50. The zero-order valence-corrected chi connectivity index (χ0v) is 11.2. The highest BCUT2D eigenvalue weighted by molar-refractivity contribution is 6.30. The van der Waals surface area contributed by atoms with E-state index in [1.165, 1.54) is 6.20 Å². The monoisotopic (exact) mass is 279 g/mol. The van der Waals surface area contributed by atoms with E-state index in [-0.39, 0.29) is 5.56 Å². The summed E-state index contributed by atoms with van der Waals surface area (Å²) in [5, 5.41) is 16.9. The lowest BCUT2D eigenvalue weighted by Gasteiger charge is -2.07. The molecule has 0 amide bonds. The fourth-order valence-corrected chi connectivity index (χ4v) is 1.90. The Morgan fingerprint density at radius 2 is 2.05 bits per heavy atom. The van der Waals surface area contributed by atoms with Crippen molar-refractivity contribution >= 4 is 17.6 Å². The fraction of sp³-hybridized carbons (Fsp3) is 0.231. The number of carbonyl (C=O) groups is 1. The minimum atomic E-state index is -0.962. The van der Waals surface area contributed by atoms with Crippen molar-refractivity contribution in [1.29, 1.82) is 0 Å². The molecule has 2 rings (SSSR count). The van der Waals surface area contributed by atoms with E-state index < -0.39 is 5.97 Å². The number of carboxylic acids is 1. The zero-order chi connectivity index (χ0) is 13.8. The molecule has 0 saturated heterocycles. The predicted molar refractivity (Wildman–Crippen MR) is 72.2 cm³/mol. The summed E-state index contributed by atoms with van der Waals surface area (Å²) in [4.78, 5) is 11.0. The Hall–Kier alpha value is -1.85. The molecule has 0 bridgehead atoms. The third-order valence-corrected chi connectivity index (χ3v) is 3.08. The smallest absolute Gasteiger partial charge is 0.339 e. The topological polar surface area (TPSA) is 67.2 Å². The molecular formula is C13H14ClN3O2. The van der Waals surface area contributed by atoms with Crippen molar-refractivity contribution in [1.82, 2.24) is 15.1 Å². The molecule has 0 saturated carbocycles. The molecule has 0 aliphatic rings. The third-order valence-electron chi connectivity index (χ3n) is 2.83. The maximum atomic E-state index is 11.0. The minimum absolute atomic E-state index is 0.228. The molecule has 0 radical (unpaired) electrons. The van der Waals surface area contributed by atoms with Gasteiger partial charge in [-0.25, -0.2) is 4.79 Å². The Bertz CT molecular complexity index is 578. The summed E-state index contributed by atoms with van der Waals surface area (Å²) < 4.78 is 1.57. The van der Waals surface area contributed by atoms with Gasteiger partial charge in [-0.15, -0.1) is 0 Å². The van der Waals surface area contributed by atoms with Crippen molar-refractivity contribution in [3.8, 4) is 0 Å². The van der Waals surface area contributed by atoms with E-state index in [1.807, 2.05) is 24.3 Å². The molecule has 19 heavy (non-hydrogen) atoms. The molecule has 0 fully saturated rings. The maximum absolute atomic E-state index is 11.0. The third kappa shape index (κ3) is 3.33. The molecule has 100 valence electrons. The standard InChI is InChI=1S/C13H14ClN3O2/c1-17-12(11(7-16-17)13(18)19)8-15-6-9-2-4-10(14)5-3-9/h2-5,7,15H,6,8H2,1H3,(H,18,19). The molecule has 1 heterocycles. The lowest BCUT2D eigenvalue weighted by molar-refractivity contribution is 0.0695. The minimum Gasteiger partial charge on any atom is -0.478 e. The number of hydrogen-bond donors (Lipinski definition) is 2. The van der Waals surface area contributed by atoms with Crippen LogP contribution < -0.4 is 5.32 Å². The van der Waals surface area contributed by atoms with Gasteiger partial charge in [-0.05, 0) is 17.7 Å². The number of nitrogens with zero attached hydrogens (tertiary/aromatic N) is 2. The first-order valence-electron chi connectivity index (χ1n) is 5.77. The summed E-state index contributed by atoms with van der Waals surface area (Å²) >= 11 is 5.81. The van der Waals surface area contributed by atoms with Gasteiger partial charge in [-0.2, -0.15) is 5.10 Å². The SMILES string of the molecule is Cn1ncc(C(=O)O)c1CNCc1ccc(Cl)cc1. The largest absolute Gasteiger partial charge is 0.478 e. The number of carboxylic acid groups (broad SMARTS) is 1. The van der Waals surface area contributed by atoms with Crippen LogP contribution in [0.5, 0.6) is 0 Å². The van der Waals surface area contributed by atoms with E-state index in [2.05, 4.69) is 10.4 Å². The van der Waals surface area contributed by atoms with Gasteiger partial charge in [0.25, 0.3) is 0 Å². The second-order valence-electron chi connectivity index (χ2n) is 4.16. The molecule has 0 aliphatic heterocycles. The highest BCUT2D eigenvalue weighted by atomic mass is 35.5. The predicted octanol–water partition coefficient (Wildman–Crippen LogP) is 2.06. The van der Waals surface area contributed by atoms with E-state index in [0.717, 1.165) is 5.56 Å². The van der Waals surface area contributed by atoms with Gasteiger partial charge >= 0.3 is 5.97 Å². The van der Waals surface area contributed by atoms with E-state index in [1.54, 1.807) is 11.7 Å². The molecule has 0 aliphatic carbocycles. The lowest BCUT2D eigenvalue weighted by Crippen LogP contribution is -2.17. The van der Waals surface area contributed by atoms with Crippen molar-refractivity contribution < 1.29 is 9.90 Å². The van der Waals surface area contributed by atoms with Crippen LogP contribution in [0.15, 0.2) is 30.5 Å². The molecule has 0 spiro atoms. The Morgan fingerprint density at radius 1 is 1.37 bits per heavy atom. The first kappa shape index (κ1) is 13.6. The van der Waals surface area contributed by atoms with E-state index in [4.69, 9.17) is 16.7 Å². The second-order valence-corrected chi connectivity index (χ2v) is 4.60. The highest BCUT2D eigenvalue weighted by Crippen LogP contribution is 2.10. The van der Waals surface area contributed by atoms with E-state index in [0.29, 0.717) is 23.8 Å². The molecule has 0 unspecified atom stereocenters. The van der Waals surface area contributed by atoms with Gasteiger partial charge in [0.2, 0.25) is 0 Å². The Labute approximate surface area is 115 Å². The van der Waals surface area contributed by atoms with Crippen molar-refractivity contribution in [2.45, 2.75) is 13.1 Å². The first-order chi connectivity index (χ1) is 9.08. The number of halogens is 1. The van der Waals surface area contributed by atoms with Crippen LogP contribution in [0.2, 0.25) is 5.02 Å². The summed E-state index contributed by atoms with van der Waals surface area (Å²) in [5.41, 5.74) is 1.97. The van der Waals surface area contributed by atoms with Crippen molar-refractivity contribution in [2.24, 2.45) is 7.05 Å². The molecule has 6 heteroatoms. The van der Waals surface area contributed by atoms with Crippen LogP contribution in [-0.4, -0.2) is 20.9 Å². The molecule has 1 aromatic carbocycles. The lowest BCUT2D eigenvalue weighted by atomic mass is 10.2. The number of benzene rings is 1. The van der Waals surface area contributed by atoms with Crippen LogP contribution in [0.4, 0.5) is 0 Å². The van der Waals surface area contributed by atoms with E-state index in [9.17, 15) is 4.79 Å². The van der Waals surface area contributed by atoms with Gasteiger partial charge in [0.15, 0.2) is 0 Å². The summed E-state index contributed by atoms with van der Waals surface area (Å²) in [5.74, 6) is -0.962. The number of rotatable bonds is 5. The van der Waals surface area contributed by atoms with Crippen LogP contribution >= 0.6 is 11.6 Å². The average molecular weight is 280 g/mol. The fourth-order valence-electron chi connectivity index (χ4n) is 1.78. The maximum Gasteiger partial charge on any atom is 0.339 e. The normalized spacial score (nSPS) is 10.6. The van der Waals surface area contributed by atoms with Crippen molar-refractivity contribution in [3.63, 3.8) is 0 Å². The van der Waals surface area contributed by atoms with Gasteiger partial charge in [0.1, 0.15) is 5.56 Å². The molecule has 2 N–H and O–H groups in total. The number of aromatic nitrogens is 2. The summed E-state index contributed by atoms with van der Waals surface area (Å²) in [6.45, 7) is 1.09. The second kappa shape index (κ2) is 5.86. The highest BCUT2D eigenvalue weighted by Gasteiger charge is 2.14. The first-order valence-corrected chi connectivity index (χ1v) is 6.15. The Morgan fingerprint density at radius 3 is 2.68 bits per heavy atom. The van der Waals surface area contributed by atoms with Gasteiger partial charge in [0.05, 0.1) is 11.9 Å². The number of aryl methyl sites for hydroxylation is 1. The van der Waals surface area contributed by atoms with Crippen LogP contribution in [0, 0.1) is 0 Å². The van der Waals surface area contributed by atoms with Crippen molar-refractivity contribution in [3.05, 3.63) is 52.3 Å². The zero-order valence-electron chi connectivity index (χ0n) is 10.4. The molecular weight excluding hydrogens is 266 g/mol. The Kier molecular flexibility index (Phi) is 4.19. The van der Waals surface area contributed by atoms with Gasteiger partial charge < -0.3 is 10.4 Å². The average Bonchev–Trinajstić information content (AvgIpc) is 2.74. The molecule has 5 nitrogen and oxygen atoms in total. The van der Waals surface area contributed by atoms with Gasteiger partial charge in [0, 0.05) is 25.2 Å². The molecule has 2 aromatic rings. The Balaban J connectivity index is 1.97. The van der Waals surface area contributed by atoms with Crippen molar-refractivity contribution in [2.75, 3.05) is 0 Å². The van der Waals surface area contributed by atoms with Crippen LogP contribution in [0.3, 0.4) is 0 Å². The number of hydrogen-bond acceptors (Lipinski definition) is 3. The van der Waals surface area contributed by atoms with E-state index >= 15 is 0 Å². The quantitative estimate of drug-likeness (QED) is 0.879. The summed E-state index contributed by atoms with van der Waals surface area (Å²) in [7, 11) is 1.73. The van der Waals surface area contributed by atoms with Gasteiger partial charge in [-0.3, -0.25) is 4.68 Å².